The standard InChI is InChI=1S/C20H18N2O6S/c1-25-19(24)11-22-14-9-15-16(27-8-7-26-15)10-17(14)29-20(22)21-18(23)12-28-13-5-3-2-4-6-13/h2-6,9-10H,7-8,11-12H2,1H3. The fraction of sp³-hybridized carbons (Fsp3) is 0.250. The maximum absolute atomic E-state index is 12.4. The van der Waals surface area contributed by atoms with Gasteiger partial charge in [-0.15, -0.1) is 0 Å². The molecule has 3 aromatic rings. The number of hydrogen-bond acceptors (Lipinski definition) is 7. The minimum absolute atomic E-state index is 0.0815. The number of carbonyl (C=O) groups excluding carboxylic acids is 2. The number of nitrogens with zero attached hydrogens (tertiary/aromatic N) is 2. The molecule has 0 bridgehead atoms. The highest BCUT2D eigenvalue weighted by molar-refractivity contribution is 7.16. The first kappa shape index (κ1) is 19.0. The molecule has 1 amide bonds. The molecule has 1 aliphatic rings. The third-order valence-corrected chi connectivity index (χ3v) is 5.23. The van der Waals surface area contributed by atoms with Gasteiger partial charge in [-0.05, 0) is 12.1 Å². The maximum Gasteiger partial charge on any atom is 0.325 e. The van der Waals surface area contributed by atoms with Gasteiger partial charge in [0.1, 0.15) is 25.5 Å². The second kappa shape index (κ2) is 8.36. The number of fused-ring (bicyclic) bond motifs is 2. The summed E-state index contributed by atoms with van der Waals surface area (Å²) in [4.78, 5) is 28.8. The lowest BCUT2D eigenvalue weighted by Crippen LogP contribution is -2.23. The number of aromatic nitrogens is 1. The second-order valence-electron chi connectivity index (χ2n) is 6.12. The van der Waals surface area contributed by atoms with Crippen LogP contribution >= 0.6 is 11.3 Å². The summed E-state index contributed by atoms with van der Waals surface area (Å²) in [7, 11) is 1.31. The smallest absolute Gasteiger partial charge is 0.325 e. The molecular formula is C20H18N2O6S. The van der Waals surface area contributed by atoms with Crippen molar-refractivity contribution in [3.05, 3.63) is 47.3 Å². The molecule has 0 aliphatic carbocycles. The van der Waals surface area contributed by atoms with Crippen molar-refractivity contribution in [2.75, 3.05) is 26.9 Å². The molecule has 0 spiro atoms. The summed E-state index contributed by atoms with van der Waals surface area (Å²) in [5, 5.41) is 0. The number of benzene rings is 2. The Morgan fingerprint density at radius 1 is 1.14 bits per heavy atom. The SMILES string of the molecule is COC(=O)Cn1c(=NC(=O)COc2ccccc2)sc2cc3c(cc21)OCCO3. The molecule has 0 atom stereocenters. The molecule has 4 rings (SSSR count). The van der Waals surface area contributed by atoms with Crippen LogP contribution in [-0.4, -0.2) is 43.4 Å². The minimum atomic E-state index is -0.462. The van der Waals surface area contributed by atoms with E-state index >= 15 is 0 Å². The molecule has 1 aromatic heterocycles. The molecule has 8 nitrogen and oxygen atoms in total. The van der Waals surface area contributed by atoms with Gasteiger partial charge >= 0.3 is 5.97 Å². The first-order valence-electron chi connectivity index (χ1n) is 8.89. The van der Waals surface area contributed by atoms with Gasteiger partial charge in [-0.2, -0.15) is 4.99 Å². The fourth-order valence-corrected chi connectivity index (χ4v) is 3.90. The highest BCUT2D eigenvalue weighted by Gasteiger charge is 2.18. The van der Waals surface area contributed by atoms with Gasteiger partial charge in [0.05, 0.1) is 17.3 Å². The number of rotatable bonds is 5. The van der Waals surface area contributed by atoms with E-state index in [1.807, 2.05) is 24.3 Å². The van der Waals surface area contributed by atoms with Crippen molar-refractivity contribution in [1.82, 2.24) is 4.57 Å². The minimum Gasteiger partial charge on any atom is -0.486 e. The first-order chi connectivity index (χ1) is 14.1. The monoisotopic (exact) mass is 414 g/mol. The number of methoxy groups -OCH3 is 1. The van der Waals surface area contributed by atoms with Crippen molar-refractivity contribution < 1.29 is 28.5 Å². The van der Waals surface area contributed by atoms with Gasteiger partial charge in [-0.25, -0.2) is 0 Å². The quantitative estimate of drug-likeness (QED) is 0.595. The Hall–Kier alpha value is -3.33. The van der Waals surface area contributed by atoms with Gasteiger partial charge in [0, 0.05) is 12.1 Å². The van der Waals surface area contributed by atoms with E-state index < -0.39 is 11.9 Å². The zero-order valence-corrected chi connectivity index (χ0v) is 16.4. The molecule has 0 saturated heterocycles. The average Bonchev–Trinajstić information content (AvgIpc) is 3.07. The molecule has 0 N–H and O–H groups in total. The fourth-order valence-electron chi connectivity index (χ4n) is 2.84. The van der Waals surface area contributed by atoms with E-state index in [9.17, 15) is 9.59 Å². The van der Waals surface area contributed by atoms with Crippen LogP contribution in [0.3, 0.4) is 0 Å². The van der Waals surface area contributed by atoms with Gasteiger partial charge < -0.3 is 23.5 Å². The molecule has 2 heterocycles. The zero-order chi connectivity index (χ0) is 20.2. The molecule has 1 aliphatic heterocycles. The number of para-hydroxylation sites is 1. The summed E-state index contributed by atoms with van der Waals surface area (Å²) in [6.45, 7) is 0.631. The number of hydrogen-bond donors (Lipinski definition) is 0. The van der Waals surface area contributed by atoms with Crippen LogP contribution in [-0.2, 0) is 20.9 Å². The van der Waals surface area contributed by atoms with E-state index in [0.29, 0.717) is 40.8 Å². The Balaban J connectivity index is 1.69. The van der Waals surface area contributed by atoms with Crippen molar-refractivity contribution >= 4 is 33.4 Å². The summed E-state index contributed by atoms with van der Waals surface area (Å²) in [6, 6.07) is 12.6. The van der Waals surface area contributed by atoms with Crippen molar-refractivity contribution in [3.63, 3.8) is 0 Å². The molecule has 9 heteroatoms. The second-order valence-corrected chi connectivity index (χ2v) is 7.13. The van der Waals surface area contributed by atoms with Crippen LogP contribution in [0, 0.1) is 0 Å². The number of carbonyl (C=O) groups is 2. The Morgan fingerprint density at radius 3 is 2.59 bits per heavy atom. The summed E-state index contributed by atoms with van der Waals surface area (Å²) in [5.41, 5.74) is 0.708. The summed E-state index contributed by atoms with van der Waals surface area (Å²) >= 11 is 1.28. The molecule has 0 radical (unpaired) electrons. The van der Waals surface area contributed by atoms with E-state index in [0.717, 1.165) is 4.70 Å². The maximum atomic E-state index is 12.4. The molecule has 0 unspecified atom stereocenters. The van der Waals surface area contributed by atoms with Gasteiger partial charge in [-0.1, -0.05) is 29.5 Å². The van der Waals surface area contributed by atoms with Crippen LogP contribution in [0.25, 0.3) is 10.2 Å². The number of ether oxygens (including phenoxy) is 4. The number of esters is 1. The molecule has 29 heavy (non-hydrogen) atoms. The first-order valence-corrected chi connectivity index (χ1v) is 9.71. The number of thiazole rings is 1. The Labute approximate surface area is 169 Å². The third kappa shape index (κ3) is 4.24. The highest BCUT2D eigenvalue weighted by Crippen LogP contribution is 2.35. The van der Waals surface area contributed by atoms with Crippen molar-refractivity contribution in [2.24, 2.45) is 4.99 Å². The lowest BCUT2D eigenvalue weighted by Gasteiger charge is -2.18. The molecule has 0 saturated carbocycles. The summed E-state index contributed by atoms with van der Waals surface area (Å²) in [5.74, 6) is 0.882. The zero-order valence-electron chi connectivity index (χ0n) is 15.6. The van der Waals surface area contributed by atoms with Crippen LogP contribution in [0.1, 0.15) is 0 Å². The van der Waals surface area contributed by atoms with Gasteiger partial charge in [0.2, 0.25) is 0 Å². The van der Waals surface area contributed by atoms with Gasteiger partial charge in [0.15, 0.2) is 22.9 Å². The van der Waals surface area contributed by atoms with E-state index in [1.165, 1.54) is 18.4 Å². The largest absolute Gasteiger partial charge is 0.486 e. The van der Waals surface area contributed by atoms with Crippen LogP contribution in [0.15, 0.2) is 47.5 Å². The van der Waals surface area contributed by atoms with Crippen LogP contribution < -0.4 is 19.0 Å². The van der Waals surface area contributed by atoms with Crippen molar-refractivity contribution in [3.8, 4) is 17.2 Å². The highest BCUT2D eigenvalue weighted by atomic mass is 32.1. The normalized spacial score (nSPS) is 13.3. The summed E-state index contributed by atoms with van der Waals surface area (Å²) in [6.07, 6.45) is 0. The number of amides is 1. The van der Waals surface area contributed by atoms with Gasteiger partial charge in [0.25, 0.3) is 5.91 Å². The Morgan fingerprint density at radius 2 is 1.86 bits per heavy atom. The van der Waals surface area contributed by atoms with E-state index in [4.69, 9.17) is 18.9 Å². The average molecular weight is 414 g/mol. The van der Waals surface area contributed by atoms with E-state index in [-0.39, 0.29) is 13.2 Å². The molecule has 0 fully saturated rings. The Kier molecular flexibility index (Phi) is 5.48. The van der Waals surface area contributed by atoms with Crippen LogP contribution in [0.5, 0.6) is 17.2 Å². The van der Waals surface area contributed by atoms with Crippen LogP contribution in [0.2, 0.25) is 0 Å². The van der Waals surface area contributed by atoms with E-state index in [1.54, 1.807) is 22.8 Å². The topological polar surface area (TPSA) is 88.4 Å². The van der Waals surface area contributed by atoms with Crippen LogP contribution in [0.4, 0.5) is 0 Å². The molecular weight excluding hydrogens is 396 g/mol. The Bertz CT molecular complexity index is 1120. The molecule has 150 valence electrons. The van der Waals surface area contributed by atoms with Crippen molar-refractivity contribution in [2.45, 2.75) is 6.54 Å². The van der Waals surface area contributed by atoms with E-state index in [2.05, 4.69) is 4.99 Å². The third-order valence-electron chi connectivity index (χ3n) is 4.19. The lowest BCUT2D eigenvalue weighted by molar-refractivity contribution is -0.141. The van der Waals surface area contributed by atoms with Crippen molar-refractivity contribution in [1.29, 1.82) is 0 Å². The molecule has 2 aromatic carbocycles. The lowest BCUT2D eigenvalue weighted by atomic mass is 10.2. The summed E-state index contributed by atoms with van der Waals surface area (Å²) < 4.78 is 23.9. The van der Waals surface area contributed by atoms with Gasteiger partial charge in [-0.3, -0.25) is 9.59 Å². The predicted octanol–water partition coefficient (Wildman–Crippen LogP) is 2.15. The predicted molar refractivity (Wildman–Crippen MR) is 105 cm³/mol.